The van der Waals surface area contributed by atoms with Gasteiger partial charge >= 0.3 is 0 Å². The highest BCUT2D eigenvalue weighted by molar-refractivity contribution is 5.79. The summed E-state index contributed by atoms with van der Waals surface area (Å²) in [6.07, 6.45) is 7.49. The Labute approximate surface area is 249 Å². The largest absolute Gasteiger partial charge is 0.348 e. The van der Waals surface area contributed by atoms with Gasteiger partial charge in [0.2, 0.25) is 11.8 Å². The van der Waals surface area contributed by atoms with Crippen LogP contribution in [0.15, 0.2) is 48.7 Å². The van der Waals surface area contributed by atoms with Gasteiger partial charge in [-0.05, 0) is 75.2 Å². The fourth-order valence-corrected chi connectivity index (χ4v) is 7.01. The van der Waals surface area contributed by atoms with Crippen molar-refractivity contribution in [2.24, 2.45) is 11.7 Å². The first-order valence-electron chi connectivity index (χ1n) is 16.0. The van der Waals surface area contributed by atoms with Crippen LogP contribution in [0.2, 0.25) is 0 Å². The fraction of sp³-hybridized carbons (Fsp3) is 0.636. The molecular weight excluding hydrogens is 534 g/mol. The number of aromatic nitrogens is 1. The lowest BCUT2D eigenvalue weighted by Crippen LogP contribution is -2.56. The molecule has 230 valence electrons. The van der Waals surface area contributed by atoms with E-state index in [4.69, 9.17) is 10.7 Å². The number of nitrogens with two attached hydrogens (primary N) is 1. The standard InChI is InChI=1S/C33H48F2N6O/c34-33(35)15-13-27(14-16-33)32(42)39-29(25-8-2-1-3-9-25)24-40-21-19-37-28(22-40)23-41(20-5-4-17-36)30-12-6-10-26-11-7-18-38-31(26)30/h1-3,7-9,11,18,27-30,37H,4-6,10,12-17,19-24,36H2,(H,39,42)/t28-,29-,30-/m0/s1. The van der Waals surface area contributed by atoms with Gasteiger partial charge in [-0.1, -0.05) is 36.4 Å². The molecule has 1 aliphatic heterocycles. The van der Waals surface area contributed by atoms with Crippen LogP contribution in [-0.4, -0.2) is 78.5 Å². The Morgan fingerprint density at radius 2 is 1.95 bits per heavy atom. The number of nitrogens with one attached hydrogen (secondary N) is 2. The highest BCUT2D eigenvalue weighted by atomic mass is 19.3. The Bertz CT molecular complexity index is 1120. The Morgan fingerprint density at radius 3 is 2.74 bits per heavy atom. The average molecular weight is 583 g/mol. The third kappa shape index (κ3) is 8.34. The zero-order chi connectivity index (χ0) is 29.4. The lowest BCUT2D eigenvalue weighted by atomic mass is 9.86. The number of unbranched alkanes of at least 4 members (excludes halogenated alkanes) is 1. The zero-order valence-corrected chi connectivity index (χ0v) is 24.8. The summed E-state index contributed by atoms with van der Waals surface area (Å²) >= 11 is 0. The second-order valence-electron chi connectivity index (χ2n) is 12.5. The highest BCUT2D eigenvalue weighted by Gasteiger charge is 2.38. The molecule has 0 bridgehead atoms. The van der Waals surface area contributed by atoms with E-state index in [-0.39, 0.29) is 43.6 Å². The predicted molar refractivity (Wildman–Crippen MR) is 162 cm³/mol. The van der Waals surface area contributed by atoms with Crippen LogP contribution < -0.4 is 16.4 Å². The van der Waals surface area contributed by atoms with E-state index < -0.39 is 5.92 Å². The highest BCUT2D eigenvalue weighted by Crippen LogP contribution is 2.37. The van der Waals surface area contributed by atoms with Crippen LogP contribution in [0, 0.1) is 5.92 Å². The molecule has 4 N–H and O–H groups in total. The summed E-state index contributed by atoms with van der Waals surface area (Å²) in [5.41, 5.74) is 9.51. The van der Waals surface area contributed by atoms with Crippen LogP contribution in [0.4, 0.5) is 8.78 Å². The molecule has 5 rings (SSSR count). The molecule has 1 aromatic heterocycles. The summed E-state index contributed by atoms with van der Waals surface area (Å²) < 4.78 is 27.5. The second-order valence-corrected chi connectivity index (χ2v) is 12.5. The van der Waals surface area contributed by atoms with E-state index >= 15 is 0 Å². The lowest BCUT2D eigenvalue weighted by molar-refractivity contribution is -0.130. The van der Waals surface area contributed by atoms with E-state index in [0.29, 0.717) is 25.2 Å². The smallest absolute Gasteiger partial charge is 0.248 e. The summed E-state index contributed by atoms with van der Waals surface area (Å²) in [4.78, 5) is 23.1. The second kappa shape index (κ2) is 14.8. The molecule has 0 unspecified atom stereocenters. The quantitative estimate of drug-likeness (QED) is 0.321. The van der Waals surface area contributed by atoms with Crippen LogP contribution in [-0.2, 0) is 11.2 Å². The van der Waals surface area contributed by atoms with Crippen LogP contribution >= 0.6 is 0 Å². The Balaban J connectivity index is 1.24. The number of nitrogens with zero attached hydrogens (tertiary/aromatic N) is 3. The van der Waals surface area contributed by atoms with E-state index in [0.717, 1.165) is 64.0 Å². The molecule has 1 saturated heterocycles. The summed E-state index contributed by atoms with van der Waals surface area (Å²) in [5, 5.41) is 7.01. The maximum Gasteiger partial charge on any atom is 0.248 e. The molecule has 2 heterocycles. The molecule has 0 radical (unpaired) electrons. The molecule has 2 aromatic rings. The van der Waals surface area contributed by atoms with Gasteiger partial charge in [-0.3, -0.25) is 19.6 Å². The number of pyridine rings is 1. The minimum atomic E-state index is -2.64. The molecule has 7 nitrogen and oxygen atoms in total. The summed E-state index contributed by atoms with van der Waals surface area (Å²) in [6.45, 7) is 5.99. The van der Waals surface area contributed by atoms with Gasteiger partial charge in [0, 0.05) is 63.7 Å². The van der Waals surface area contributed by atoms with Crippen molar-refractivity contribution in [2.45, 2.75) is 81.8 Å². The number of rotatable bonds is 12. The van der Waals surface area contributed by atoms with Gasteiger partial charge in [-0.15, -0.1) is 0 Å². The first-order valence-corrected chi connectivity index (χ1v) is 16.0. The van der Waals surface area contributed by atoms with Crippen molar-refractivity contribution >= 4 is 5.91 Å². The molecule has 42 heavy (non-hydrogen) atoms. The lowest BCUT2D eigenvalue weighted by Gasteiger charge is -2.41. The molecule has 0 spiro atoms. The number of fused-ring (bicyclic) bond motifs is 1. The number of piperazine rings is 1. The molecular formula is C33H48F2N6O. The monoisotopic (exact) mass is 582 g/mol. The predicted octanol–water partition coefficient (Wildman–Crippen LogP) is 4.46. The number of amides is 1. The number of hydrogen-bond donors (Lipinski definition) is 3. The van der Waals surface area contributed by atoms with E-state index in [1.54, 1.807) is 0 Å². The van der Waals surface area contributed by atoms with Gasteiger partial charge in [0.15, 0.2) is 0 Å². The van der Waals surface area contributed by atoms with Crippen molar-refractivity contribution in [3.63, 3.8) is 0 Å². The molecule has 2 fully saturated rings. The van der Waals surface area contributed by atoms with Gasteiger partial charge in [0.05, 0.1) is 17.8 Å². The fourth-order valence-electron chi connectivity index (χ4n) is 7.01. The van der Waals surface area contributed by atoms with Gasteiger partial charge in [-0.2, -0.15) is 0 Å². The topological polar surface area (TPSA) is 86.5 Å². The minimum Gasteiger partial charge on any atom is -0.348 e. The molecule has 1 saturated carbocycles. The normalized spacial score (nSPS) is 23.8. The van der Waals surface area contributed by atoms with E-state index in [2.05, 4.69) is 26.5 Å². The molecule has 1 amide bonds. The summed E-state index contributed by atoms with van der Waals surface area (Å²) in [7, 11) is 0. The molecule has 3 aliphatic rings. The van der Waals surface area contributed by atoms with Gasteiger partial charge < -0.3 is 16.4 Å². The van der Waals surface area contributed by atoms with Crippen LogP contribution in [0.3, 0.4) is 0 Å². The van der Waals surface area contributed by atoms with Crippen molar-refractivity contribution < 1.29 is 13.6 Å². The van der Waals surface area contributed by atoms with Crippen molar-refractivity contribution in [1.29, 1.82) is 0 Å². The number of aryl methyl sites for hydroxylation is 1. The number of halogens is 2. The maximum absolute atomic E-state index is 13.7. The number of carbonyl (C=O) groups excluding carboxylic acids is 1. The number of hydrogen-bond acceptors (Lipinski definition) is 6. The molecule has 1 aromatic carbocycles. The molecule has 2 aliphatic carbocycles. The van der Waals surface area contributed by atoms with Gasteiger partial charge in [0.25, 0.3) is 0 Å². The molecule has 3 atom stereocenters. The van der Waals surface area contributed by atoms with Crippen molar-refractivity contribution in [1.82, 2.24) is 25.4 Å². The third-order valence-corrected chi connectivity index (χ3v) is 9.35. The van der Waals surface area contributed by atoms with E-state index in [1.807, 2.05) is 42.6 Å². The first-order chi connectivity index (χ1) is 20.4. The third-order valence-electron chi connectivity index (χ3n) is 9.35. The minimum absolute atomic E-state index is 0.0967. The van der Waals surface area contributed by atoms with Gasteiger partial charge in [-0.25, -0.2) is 8.78 Å². The molecule has 9 heteroatoms. The van der Waals surface area contributed by atoms with Crippen molar-refractivity contribution in [2.75, 3.05) is 45.8 Å². The van der Waals surface area contributed by atoms with E-state index in [1.165, 1.54) is 17.7 Å². The van der Waals surface area contributed by atoms with Crippen LogP contribution in [0.25, 0.3) is 0 Å². The van der Waals surface area contributed by atoms with Gasteiger partial charge in [0.1, 0.15) is 0 Å². The Morgan fingerprint density at radius 1 is 1.14 bits per heavy atom. The first kappa shape index (κ1) is 31.0. The SMILES string of the molecule is NCCCCN(C[C@@H]1CN(C[C@H](NC(=O)C2CCC(F)(F)CC2)c2ccccc2)CCN1)[C@H]1CCCc2cccnc21. The summed E-state index contributed by atoms with van der Waals surface area (Å²) in [6, 6.07) is 14.8. The maximum atomic E-state index is 13.7. The van der Waals surface area contributed by atoms with Crippen LogP contribution in [0.5, 0.6) is 0 Å². The Kier molecular flexibility index (Phi) is 10.9. The number of benzene rings is 1. The van der Waals surface area contributed by atoms with Crippen LogP contribution in [0.1, 0.15) is 80.3 Å². The number of carbonyl (C=O) groups is 1. The van der Waals surface area contributed by atoms with E-state index in [9.17, 15) is 13.6 Å². The zero-order valence-electron chi connectivity index (χ0n) is 24.8. The Hall–Kier alpha value is -2.46. The summed E-state index contributed by atoms with van der Waals surface area (Å²) in [5.74, 6) is -3.08. The van der Waals surface area contributed by atoms with Crippen molar-refractivity contribution in [3.8, 4) is 0 Å². The number of alkyl halides is 2. The average Bonchev–Trinajstić information content (AvgIpc) is 3.00. The van der Waals surface area contributed by atoms with Crippen molar-refractivity contribution in [3.05, 3.63) is 65.5 Å².